The summed E-state index contributed by atoms with van der Waals surface area (Å²) >= 11 is 1.19. The third-order valence-corrected chi connectivity index (χ3v) is 2.95. The number of hydrogen-bond donors (Lipinski definition) is 2. The Hall–Kier alpha value is -1.43. The highest BCUT2D eigenvalue weighted by Crippen LogP contribution is 2.10. The molecule has 1 heterocycles. The summed E-state index contributed by atoms with van der Waals surface area (Å²) in [7, 11) is 0. The van der Waals surface area contributed by atoms with Gasteiger partial charge in [0.15, 0.2) is 5.69 Å². The van der Waals surface area contributed by atoms with Gasteiger partial charge < -0.3 is 10.4 Å². The maximum Gasteiger partial charge on any atom is 0.355 e. The van der Waals surface area contributed by atoms with Gasteiger partial charge in [-0.05, 0) is 13.3 Å². The Morgan fingerprint density at radius 3 is 2.81 bits per heavy atom. The van der Waals surface area contributed by atoms with E-state index in [-0.39, 0.29) is 24.1 Å². The fourth-order valence-corrected chi connectivity index (χ4v) is 1.82. The van der Waals surface area contributed by atoms with E-state index < -0.39 is 5.97 Å². The van der Waals surface area contributed by atoms with E-state index >= 15 is 0 Å². The van der Waals surface area contributed by atoms with Gasteiger partial charge in [-0.3, -0.25) is 4.79 Å². The van der Waals surface area contributed by atoms with Crippen LogP contribution < -0.4 is 5.32 Å². The topological polar surface area (TPSA) is 79.3 Å². The van der Waals surface area contributed by atoms with Gasteiger partial charge in [0.2, 0.25) is 5.91 Å². The minimum atomic E-state index is -1.06. The fraction of sp³-hybridized carbons (Fsp3) is 0.500. The Balaban J connectivity index is 2.53. The number of aromatic carboxylic acids is 1. The number of carboxylic acids is 1. The van der Waals surface area contributed by atoms with Gasteiger partial charge in [0, 0.05) is 11.4 Å². The first-order valence-electron chi connectivity index (χ1n) is 5.00. The number of carbonyl (C=O) groups excluding carboxylic acids is 1. The van der Waals surface area contributed by atoms with E-state index in [2.05, 4.69) is 10.3 Å². The van der Waals surface area contributed by atoms with Gasteiger partial charge in [-0.2, -0.15) is 0 Å². The van der Waals surface area contributed by atoms with Gasteiger partial charge in [0.1, 0.15) is 5.01 Å². The standard InChI is InChI=1S/C10H14N2O3S/c1-3-6(2)11-8(13)4-9-12-7(5-16-9)10(14)15/h5-6H,3-4H2,1-2H3,(H,11,13)(H,14,15). The van der Waals surface area contributed by atoms with Crippen LogP contribution in [-0.2, 0) is 11.2 Å². The van der Waals surface area contributed by atoms with Crippen molar-refractivity contribution in [3.8, 4) is 0 Å². The average molecular weight is 242 g/mol. The quantitative estimate of drug-likeness (QED) is 0.815. The molecule has 1 unspecified atom stereocenters. The first-order chi connectivity index (χ1) is 7.52. The Bertz CT molecular complexity index is 389. The first kappa shape index (κ1) is 12.6. The Morgan fingerprint density at radius 2 is 2.31 bits per heavy atom. The van der Waals surface area contributed by atoms with Crippen LogP contribution in [0, 0.1) is 0 Å². The van der Waals surface area contributed by atoms with E-state index in [1.54, 1.807) is 0 Å². The number of carbonyl (C=O) groups is 2. The zero-order chi connectivity index (χ0) is 12.1. The predicted octanol–water partition coefficient (Wildman–Crippen LogP) is 1.30. The average Bonchev–Trinajstić information content (AvgIpc) is 2.65. The summed E-state index contributed by atoms with van der Waals surface area (Å²) in [4.78, 5) is 25.9. The number of thiazole rings is 1. The Labute approximate surface area is 97.5 Å². The normalized spacial score (nSPS) is 12.1. The van der Waals surface area contributed by atoms with Gasteiger partial charge in [0.25, 0.3) is 0 Å². The predicted molar refractivity (Wildman–Crippen MR) is 60.7 cm³/mol. The lowest BCUT2D eigenvalue weighted by Gasteiger charge is -2.09. The monoisotopic (exact) mass is 242 g/mol. The molecule has 0 saturated carbocycles. The Kier molecular flexibility index (Phi) is 4.42. The van der Waals surface area contributed by atoms with Crippen molar-refractivity contribution in [1.29, 1.82) is 0 Å². The molecule has 0 spiro atoms. The van der Waals surface area contributed by atoms with Gasteiger partial charge in [-0.1, -0.05) is 6.92 Å². The van der Waals surface area contributed by atoms with Crippen molar-refractivity contribution in [2.75, 3.05) is 0 Å². The summed E-state index contributed by atoms with van der Waals surface area (Å²) in [6.45, 7) is 3.90. The van der Waals surface area contributed by atoms with Gasteiger partial charge in [-0.25, -0.2) is 9.78 Å². The smallest absolute Gasteiger partial charge is 0.355 e. The van der Waals surface area contributed by atoms with Gasteiger partial charge in [0.05, 0.1) is 6.42 Å². The SMILES string of the molecule is CCC(C)NC(=O)Cc1nc(C(=O)O)cs1. The van der Waals surface area contributed by atoms with Crippen LogP contribution in [0.4, 0.5) is 0 Å². The maximum absolute atomic E-state index is 11.5. The number of nitrogens with zero attached hydrogens (tertiary/aromatic N) is 1. The molecular formula is C10H14N2O3S. The lowest BCUT2D eigenvalue weighted by molar-refractivity contribution is -0.121. The molecular weight excluding hydrogens is 228 g/mol. The molecule has 1 aromatic heterocycles. The summed E-state index contributed by atoms with van der Waals surface area (Å²) in [6.07, 6.45) is 1.01. The van der Waals surface area contributed by atoms with Crippen molar-refractivity contribution < 1.29 is 14.7 Å². The number of nitrogens with one attached hydrogen (secondary N) is 1. The van der Waals surface area contributed by atoms with Crippen LogP contribution in [0.1, 0.15) is 35.8 Å². The summed E-state index contributed by atoms with van der Waals surface area (Å²) in [6, 6.07) is 0.131. The molecule has 6 heteroatoms. The van der Waals surface area contributed by atoms with Crippen molar-refractivity contribution >= 4 is 23.2 Å². The molecule has 88 valence electrons. The van der Waals surface area contributed by atoms with Crippen molar-refractivity contribution in [2.24, 2.45) is 0 Å². The molecule has 0 fully saturated rings. The highest BCUT2D eigenvalue weighted by Gasteiger charge is 2.12. The van der Waals surface area contributed by atoms with Crippen LogP contribution in [0.15, 0.2) is 5.38 Å². The summed E-state index contributed by atoms with van der Waals surface area (Å²) < 4.78 is 0. The van der Waals surface area contributed by atoms with Crippen molar-refractivity contribution in [3.63, 3.8) is 0 Å². The lowest BCUT2D eigenvalue weighted by atomic mass is 10.2. The molecule has 0 aliphatic carbocycles. The second kappa shape index (κ2) is 5.60. The molecule has 1 rings (SSSR count). The van der Waals surface area contributed by atoms with Gasteiger partial charge >= 0.3 is 5.97 Å². The second-order valence-electron chi connectivity index (χ2n) is 3.49. The lowest BCUT2D eigenvalue weighted by Crippen LogP contribution is -2.33. The minimum absolute atomic E-state index is 0.00339. The van der Waals surface area contributed by atoms with E-state index in [4.69, 9.17) is 5.11 Å². The number of carboxylic acid groups (broad SMARTS) is 1. The summed E-state index contributed by atoms with van der Waals surface area (Å²) in [5.41, 5.74) is -0.00339. The fourth-order valence-electron chi connectivity index (χ4n) is 1.06. The van der Waals surface area contributed by atoms with E-state index in [1.165, 1.54) is 16.7 Å². The van der Waals surface area contributed by atoms with Crippen LogP contribution in [0.25, 0.3) is 0 Å². The first-order valence-corrected chi connectivity index (χ1v) is 5.88. The highest BCUT2D eigenvalue weighted by molar-refractivity contribution is 7.09. The van der Waals surface area contributed by atoms with Crippen LogP contribution in [-0.4, -0.2) is 28.0 Å². The van der Waals surface area contributed by atoms with Crippen LogP contribution >= 0.6 is 11.3 Å². The Morgan fingerprint density at radius 1 is 1.62 bits per heavy atom. The third-order valence-electron chi connectivity index (χ3n) is 2.10. The largest absolute Gasteiger partial charge is 0.476 e. The number of rotatable bonds is 5. The van der Waals surface area contributed by atoms with E-state index in [9.17, 15) is 9.59 Å². The number of aromatic nitrogens is 1. The molecule has 0 aliphatic rings. The zero-order valence-electron chi connectivity index (χ0n) is 9.19. The van der Waals surface area contributed by atoms with Crippen LogP contribution in [0.2, 0.25) is 0 Å². The molecule has 0 bridgehead atoms. The summed E-state index contributed by atoms with van der Waals surface area (Å²) in [5, 5.41) is 13.4. The second-order valence-corrected chi connectivity index (χ2v) is 4.43. The van der Waals surface area contributed by atoms with E-state index in [1.807, 2.05) is 13.8 Å². The maximum atomic E-state index is 11.5. The van der Waals surface area contributed by atoms with Crippen molar-refractivity contribution in [3.05, 3.63) is 16.1 Å². The zero-order valence-corrected chi connectivity index (χ0v) is 10.0. The van der Waals surface area contributed by atoms with Gasteiger partial charge in [-0.15, -0.1) is 11.3 Å². The molecule has 5 nitrogen and oxygen atoms in total. The third kappa shape index (κ3) is 3.62. The van der Waals surface area contributed by atoms with Crippen molar-refractivity contribution in [1.82, 2.24) is 10.3 Å². The molecule has 16 heavy (non-hydrogen) atoms. The minimum Gasteiger partial charge on any atom is -0.476 e. The summed E-state index contributed by atoms with van der Waals surface area (Å²) in [5.74, 6) is -1.19. The molecule has 0 aromatic carbocycles. The van der Waals surface area contributed by atoms with Crippen LogP contribution in [0.5, 0.6) is 0 Å². The molecule has 0 saturated heterocycles. The van der Waals surface area contributed by atoms with Crippen molar-refractivity contribution in [2.45, 2.75) is 32.7 Å². The van der Waals surface area contributed by atoms with E-state index in [0.29, 0.717) is 5.01 Å². The molecule has 1 amide bonds. The highest BCUT2D eigenvalue weighted by atomic mass is 32.1. The molecule has 2 N–H and O–H groups in total. The van der Waals surface area contributed by atoms with E-state index in [0.717, 1.165) is 6.42 Å². The molecule has 1 aromatic rings. The molecule has 0 aliphatic heterocycles. The number of hydrogen-bond acceptors (Lipinski definition) is 4. The molecule has 0 radical (unpaired) electrons. The molecule has 1 atom stereocenters. The van der Waals surface area contributed by atoms with Crippen LogP contribution in [0.3, 0.4) is 0 Å². The number of amides is 1.